The zero-order valence-electron chi connectivity index (χ0n) is 14.5. The number of methoxy groups -OCH3 is 1. The maximum atomic E-state index is 12.2. The van der Waals surface area contributed by atoms with Crippen LogP contribution in [0.3, 0.4) is 0 Å². The molecule has 0 radical (unpaired) electrons. The van der Waals surface area contributed by atoms with Gasteiger partial charge in [-0.3, -0.25) is 5.32 Å². The Bertz CT molecular complexity index is 626. The number of carbonyl (C=O) groups is 1. The van der Waals surface area contributed by atoms with Crippen molar-refractivity contribution >= 4 is 11.7 Å². The summed E-state index contributed by atoms with van der Waals surface area (Å²) < 4.78 is 11.0. The molecular weight excluding hydrogens is 290 g/mol. The topological polar surface area (TPSA) is 47.6 Å². The minimum absolute atomic E-state index is 0.488. The number of nitrogens with one attached hydrogen (secondary N) is 1. The quantitative estimate of drug-likeness (QED) is 0.847. The Labute approximate surface area is 138 Å². The standard InChI is InChI=1S/C19H25NO3/c1-14-11-16(15-9-7-6-8-10-15)13-19(12-14,22-5)20-17(21)23-18(2,3)4/h6-12H,13H2,1-5H3,(H,20,21). The van der Waals surface area contributed by atoms with Crippen molar-refractivity contribution in [1.82, 2.24) is 5.32 Å². The second-order valence-electron chi connectivity index (χ2n) is 6.82. The Morgan fingerprint density at radius 1 is 1.22 bits per heavy atom. The summed E-state index contributed by atoms with van der Waals surface area (Å²) in [6.45, 7) is 7.50. The van der Waals surface area contributed by atoms with Crippen molar-refractivity contribution < 1.29 is 14.3 Å². The van der Waals surface area contributed by atoms with Crippen LogP contribution < -0.4 is 5.32 Å². The van der Waals surface area contributed by atoms with Crippen LogP contribution in [0.1, 0.15) is 39.7 Å². The van der Waals surface area contributed by atoms with Crippen LogP contribution in [0.25, 0.3) is 5.57 Å². The molecule has 4 heteroatoms. The smallest absolute Gasteiger partial charge is 0.410 e. The average molecular weight is 315 g/mol. The first-order valence-corrected chi connectivity index (χ1v) is 7.75. The summed E-state index contributed by atoms with van der Waals surface area (Å²) in [4.78, 5) is 12.2. The molecule has 1 amide bonds. The predicted octanol–water partition coefficient (Wildman–Crippen LogP) is 4.29. The number of amides is 1. The lowest BCUT2D eigenvalue weighted by molar-refractivity contribution is -0.0119. The van der Waals surface area contributed by atoms with E-state index in [0.29, 0.717) is 6.42 Å². The first kappa shape index (κ1) is 17.3. The number of ether oxygens (including phenoxy) is 2. The van der Waals surface area contributed by atoms with E-state index in [1.807, 2.05) is 52.0 Å². The highest BCUT2D eigenvalue weighted by molar-refractivity contribution is 5.74. The monoisotopic (exact) mass is 315 g/mol. The highest BCUT2D eigenvalue weighted by atomic mass is 16.6. The zero-order chi connectivity index (χ0) is 17.1. The fourth-order valence-electron chi connectivity index (χ4n) is 2.65. The average Bonchev–Trinajstić information content (AvgIpc) is 2.45. The van der Waals surface area contributed by atoms with Crippen LogP contribution in [0, 0.1) is 0 Å². The zero-order valence-corrected chi connectivity index (χ0v) is 14.5. The van der Waals surface area contributed by atoms with Crippen LogP contribution in [-0.4, -0.2) is 24.5 Å². The summed E-state index contributed by atoms with van der Waals surface area (Å²) in [5.41, 5.74) is 1.82. The highest BCUT2D eigenvalue weighted by Gasteiger charge is 2.35. The van der Waals surface area contributed by atoms with E-state index >= 15 is 0 Å². The third-order valence-electron chi connectivity index (χ3n) is 3.54. The van der Waals surface area contributed by atoms with Gasteiger partial charge in [-0.05, 0) is 44.9 Å². The van der Waals surface area contributed by atoms with Crippen LogP contribution in [0.4, 0.5) is 4.79 Å². The summed E-state index contributed by atoms with van der Waals surface area (Å²) in [6.07, 6.45) is 4.09. The molecule has 0 aromatic heterocycles. The third kappa shape index (κ3) is 4.70. The van der Waals surface area contributed by atoms with Crippen LogP contribution in [-0.2, 0) is 9.47 Å². The van der Waals surface area contributed by atoms with E-state index in [4.69, 9.17) is 9.47 Å². The van der Waals surface area contributed by atoms with Crippen molar-refractivity contribution in [3.05, 3.63) is 53.6 Å². The Balaban J connectivity index is 2.23. The first-order valence-electron chi connectivity index (χ1n) is 7.75. The van der Waals surface area contributed by atoms with E-state index in [-0.39, 0.29) is 0 Å². The Morgan fingerprint density at radius 3 is 2.43 bits per heavy atom. The first-order chi connectivity index (χ1) is 10.7. The molecule has 23 heavy (non-hydrogen) atoms. The largest absolute Gasteiger partial charge is 0.444 e. The van der Waals surface area contributed by atoms with Gasteiger partial charge >= 0.3 is 6.09 Å². The minimum atomic E-state index is -0.896. The summed E-state index contributed by atoms with van der Waals surface area (Å²) in [7, 11) is 1.59. The molecule has 1 aliphatic rings. The van der Waals surface area contributed by atoms with Gasteiger partial charge in [0, 0.05) is 13.5 Å². The second-order valence-corrected chi connectivity index (χ2v) is 6.82. The molecule has 1 aliphatic carbocycles. The maximum absolute atomic E-state index is 12.2. The number of allylic oxidation sites excluding steroid dienone is 2. The highest BCUT2D eigenvalue weighted by Crippen LogP contribution is 2.33. The molecular formula is C19H25NO3. The summed E-state index contributed by atoms with van der Waals surface area (Å²) in [6, 6.07) is 10.1. The minimum Gasteiger partial charge on any atom is -0.444 e. The number of carbonyl (C=O) groups excluding carboxylic acids is 1. The molecule has 1 atom stereocenters. The molecule has 1 N–H and O–H groups in total. The molecule has 0 heterocycles. The van der Waals surface area contributed by atoms with E-state index in [1.165, 1.54) is 0 Å². The molecule has 1 aromatic carbocycles. The summed E-state index contributed by atoms with van der Waals surface area (Å²) in [5, 5.41) is 2.87. The molecule has 0 saturated heterocycles. The van der Waals surface area contributed by atoms with Crippen LogP contribution >= 0.6 is 0 Å². The molecule has 0 fully saturated rings. The SMILES string of the molecule is COC1(NC(=O)OC(C)(C)C)C=C(C)C=C(c2ccccc2)C1. The molecule has 1 unspecified atom stereocenters. The van der Waals surface area contributed by atoms with Crippen LogP contribution in [0.2, 0.25) is 0 Å². The van der Waals surface area contributed by atoms with E-state index in [2.05, 4.69) is 23.5 Å². The normalized spacial score (nSPS) is 21.3. The van der Waals surface area contributed by atoms with Gasteiger partial charge in [0.25, 0.3) is 0 Å². The van der Waals surface area contributed by atoms with Crippen molar-refractivity contribution in [3.63, 3.8) is 0 Å². The van der Waals surface area contributed by atoms with Crippen molar-refractivity contribution in [2.75, 3.05) is 7.11 Å². The lowest BCUT2D eigenvalue weighted by Crippen LogP contribution is -2.51. The Hall–Kier alpha value is -2.07. The second kappa shape index (κ2) is 6.59. The Kier molecular flexibility index (Phi) is 4.95. The lowest BCUT2D eigenvalue weighted by Gasteiger charge is -2.35. The van der Waals surface area contributed by atoms with Gasteiger partial charge < -0.3 is 9.47 Å². The van der Waals surface area contributed by atoms with Gasteiger partial charge in [-0.1, -0.05) is 42.0 Å². The number of hydrogen-bond donors (Lipinski definition) is 1. The van der Waals surface area contributed by atoms with Gasteiger partial charge in [-0.2, -0.15) is 0 Å². The summed E-state index contributed by atoms with van der Waals surface area (Å²) in [5.74, 6) is 0. The van der Waals surface area contributed by atoms with Crippen LogP contribution in [0.15, 0.2) is 48.1 Å². The fourth-order valence-corrected chi connectivity index (χ4v) is 2.65. The van der Waals surface area contributed by atoms with Gasteiger partial charge in [0.1, 0.15) is 5.60 Å². The number of rotatable bonds is 3. The molecule has 1 aromatic rings. The Morgan fingerprint density at radius 2 is 1.87 bits per heavy atom. The molecule has 124 valence electrons. The molecule has 0 bridgehead atoms. The third-order valence-corrected chi connectivity index (χ3v) is 3.54. The number of benzene rings is 1. The van der Waals surface area contributed by atoms with E-state index in [9.17, 15) is 4.79 Å². The van der Waals surface area contributed by atoms with Gasteiger partial charge in [0.15, 0.2) is 5.72 Å². The van der Waals surface area contributed by atoms with Crippen molar-refractivity contribution in [1.29, 1.82) is 0 Å². The molecule has 4 nitrogen and oxygen atoms in total. The van der Waals surface area contributed by atoms with Gasteiger partial charge in [-0.15, -0.1) is 0 Å². The van der Waals surface area contributed by atoms with E-state index < -0.39 is 17.4 Å². The number of hydrogen-bond acceptors (Lipinski definition) is 3. The van der Waals surface area contributed by atoms with Gasteiger partial charge in [0.05, 0.1) is 0 Å². The van der Waals surface area contributed by atoms with Gasteiger partial charge in [-0.25, -0.2) is 4.79 Å². The molecule has 0 spiro atoms. The molecule has 0 aliphatic heterocycles. The predicted molar refractivity (Wildman–Crippen MR) is 91.9 cm³/mol. The van der Waals surface area contributed by atoms with Crippen molar-refractivity contribution in [2.24, 2.45) is 0 Å². The maximum Gasteiger partial charge on any atom is 0.410 e. The fraction of sp³-hybridized carbons (Fsp3) is 0.421. The van der Waals surface area contributed by atoms with Crippen molar-refractivity contribution in [3.8, 4) is 0 Å². The van der Waals surface area contributed by atoms with Gasteiger partial charge in [0.2, 0.25) is 0 Å². The van der Waals surface area contributed by atoms with E-state index in [1.54, 1.807) is 7.11 Å². The molecule has 2 rings (SSSR count). The molecule has 0 saturated carbocycles. The van der Waals surface area contributed by atoms with Crippen LogP contribution in [0.5, 0.6) is 0 Å². The lowest BCUT2D eigenvalue weighted by atomic mass is 9.88. The number of alkyl carbamates (subject to hydrolysis) is 1. The summed E-state index contributed by atoms with van der Waals surface area (Å²) >= 11 is 0. The van der Waals surface area contributed by atoms with E-state index in [0.717, 1.165) is 16.7 Å². The van der Waals surface area contributed by atoms with Crippen molar-refractivity contribution in [2.45, 2.75) is 45.4 Å².